The molecule has 1 aliphatic carbocycles. The number of rotatable bonds is 7. The van der Waals surface area contributed by atoms with E-state index in [2.05, 4.69) is 0 Å². The fourth-order valence-corrected chi connectivity index (χ4v) is 4.12. The molecule has 1 aliphatic rings. The van der Waals surface area contributed by atoms with Crippen LogP contribution in [0.2, 0.25) is 10.0 Å². The Morgan fingerprint density at radius 1 is 1.25 bits per heavy atom. The summed E-state index contributed by atoms with van der Waals surface area (Å²) in [6.45, 7) is 3.23. The predicted octanol–water partition coefficient (Wildman–Crippen LogP) is 3.95. The first kappa shape index (κ1) is 16.1. The van der Waals surface area contributed by atoms with Crippen LogP contribution in [0.5, 0.6) is 0 Å². The fourth-order valence-electron chi connectivity index (χ4n) is 2.11. The number of sulfonamides is 1. The SMILES string of the molecule is CCCN(CC1CC1)S(=O)(=O)Cc1ccc(Cl)c(Cl)c1. The number of benzene rings is 1. The first-order chi connectivity index (χ1) is 9.42. The van der Waals surface area contributed by atoms with Crippen LogP contribution < -0.4 is 0 Å². The Labute approximate surface area is 130 Å². The van der Waals surface area contributed by atoms with Crippen LogP contribution in [0.3, 0.4) is 0 Å². The van der Waals surface area contributed by atoms with Gasteiger partial charge in [0.25, 0.3) is 0 Å². The van der Waals surface area contributed by atoms with Gasteiger partial charge in [-0.25, -0.2) is 12.7 Å². The largest absolute Gasteiger partial charge is 0.218 e. The van der Waals surface area contributed by atoms with Crippen molar-refractivity contribution < 1.29 is 8.42 Å². The van der Waals surface area contributed by atoms with Gasteiger partial charge in [0.05, 0.1) is 15.8 Å². The average Bonchev–Trinajstić information content (AvgIpc) is 3.17. The molecule has 20 heavy (non-hydrogen) atoms. The Balaban J connectivity index is 2.12. The minimum atomic E-state index is -3.29. The van der Waals surface area contributed by atoms with Gasteiger partial charge in [0.1, 0.15) is 0 Å². The number of nitrogens with zero attached hydrogens (tertiary/aromatic N) is 1. The van der Waals surface area contributed by atoms with E-state index in [1.54, 1.807) is 22.5 Å². The molecule has 112 valence electrons. The van der Waals surface area contributed by atoms with E-state index < -0.39 is 10.0 Å². The standard InChI is InChI=1S/C14H19Cl2NO2S/c1-2-7-17(9-11-3-4-11)20(18,19)10-12-5-6-13(15)14(16)8-12/h5-6,8,11H,2-4,7,9-10H2,1H3. The zero-order chi connectivity index (χ0) is 14.8. The van der Waals surface area contributed by atoms with Crippen molar-refractivity contribution in [2.75, 3.05) is 13.1 Å². The van der Waals surface area contributed by atoms with E-state index >= 15 is 0 Å². The van der Waals surface area contributed by atoms with Crippen LogP contribution in [0.1, 0.15) is 31.7 Å². The van der Waals surface area contributed by atoms with Crippen molar-refractivity contribution in [1.29, 1.82) is 0 Å². The van der Waals surface area contributed by atoms with E-state index in [1.807, 2.05) is 6.92 Å². The summed E-state index contributed by atoms with van der Waals surface area (Å²) in [4.78, 5) is 0. The molecule has 0 heterocycles. The lowest BCUT2D eigenvalue weighted by Crippen LogP contribution is -2.34. The highest BCUT2D eigenvalue weighted by Gasteiger charge is 2.30. The molecule has 0 aromatic heterocycles. The highest BCUT2D eigenvalue weighted by molar-refractivity contribution is 7.88. The van der Waals surface area contributed by atoms with Crippen molar-refractivity contribution in [2.24, 2.45) is 5.92 Å². The topological polar surface area (TPSA) is 37.4 Å². The van der Waals surface area contributed by atoms with Crippen LogP contribution in [0.15, 0.2) is 18.2 Å². The van der Waals surface area contributed by atoms with Crippen LogP contribution in [-0.2, 0) is 15.8 Å². The first-order valence-electron chi connectivity index (χ1n) is 6.84. The summed E-state index contributed by atoms with van der Waals surface area (Å²) >= 11 is 11.8. The highest BCUT2D eigenvalue weighted by atomic mass is 35.5. The van der Waals surface area contributed by atoms with E-state index in [-0.39, 0.29) is 5.75 Å². The zero-order valence-corrected chi connectivity index (χ0v) is 13.8. The van der Waals surface area contributed by atoms with Crippen molar-refractivity contribution in [3.63, 3.8) is 0 Å². The zero-order valence-electron chi connectivity index (χ0n) is 11.5. The lowest BCUT2D eigenvalue weighted by molar-refractivity contribution is 0.395. The summed E-state index contributed by atoms with van der Waals surface area (Å²) in [7, 11) is -3.29. The second-order valence-electron chi connectivity index (χ2n) is 5.31. The monoisotopic (exact) mass is 335 g/mol. The summed E-state index contributed by atoms with van der Waals surface area (Å²) in [6.07, 6.45) is 3.11. The normalized spacial score (nSPS) is 15.8. The van der Waals surface area contributed by atoms with E-state index in [0.29, 0.717) is 34.6 Å². The maximum Gasteiger partial charge on any atom is 0.218 e. The molecule has 6 heteroatoms. The molecule has 0 spiro atoms. The Morgan fingerprint density at radius 3 is 2.50 bits per heavy atom. The second-order valence-corrected chi connectivity index (χ2v) is 8.09. The van der Waals surface area contributed by atoms with Gasteiger partial charge in [-0.1, -0.05) is 36.2 Å². The molecular formula is C14H19Cl2NO2S. The van der Waals surface area contributed by atoms with Gasteiger partial charge in [-0.3, -0.25) is 0 Å². The summed E-state index contributed by atoms with van der Waals surface area (Å²) in [5, 5.41) is 0.833. The van der Waals surface area contributed by atoms with Crippen LogP contribution in [0.25, 0.3) is 0 Å². The predicted molar refractivity (Wildman–Crippen MR) is 83.7 cm³/mol. The molecular weight excluding hydrogens is 317 g/mol. The fraction of sp³-hybridized carbons (Fsp3) is 0.571. The second kappa shape index (κ2) is 6.65. The van der Waals surface area contributed by atoms with Gasteiger partial charge in [-0.15, -0.1) is 0 Å². The van der Waals surface area contributed by atoms with Gasteiger partial charge < -0.3 is 0 Å². The van der Waals surface area contributed by atoms with Gasteiger partial charge in [0.15, 0.2) is 0 Å². The van der Waals surface area contributed by atoms with Crippen LogP contribution >= 0.6 is 23.2 Å². The van der Waals surface area contributed by atoms with Gasteiger partial charge in [-0.2, -0.15) is 0 Å². The van der Waals surface area contributed by atoms with Gasteiger partial charge in [0.2, 0.25) is 10.0 Å². The van der Waals surface area contributed by atoms with Crippen molar-refractivity contribution >= 4 is 33.2 Å². The van der Waals surface area contributed by atoms with Crippen molar-refractivity contribution in [2.45, 2.75) is 31.9 Å². The molecule has 0 unspecified atom stereocenters. The highest BCUT2D eigenvalue weighted by Crippen LogP contribution is 2.31. The molecule has 0 aliphatic heterocycles. The van der Waals surface area contributed by atoms with Gasteiger partial charge in [0, 0.05) is 13.1 Å². The molecule has 0 radical (unpaired) electrons. The maximum absolute atomic E-state index is 12.5. The summed E-state index contributed by atoms with van der Waals surface area (Å²) in [5.41, 5.74) is 0.677. The smallest absolute Gasteiger partial charge is 0.212 e. The third kappa shape index (κ3) is 4.35. The van der Waals surface area contributed by atoms with Crippen LogP contribution in [0, 0.1) is 5.92 Å². The van der Waals surface area contributed by atoms with E-state index in [4.69, 9.17) is 23.2 Å². The van der Waals surface area contributed by atoms with Crippen LogP contribution in [-0.4, -0.2) is 25.8 Å². The van der Waals surface area contributed by atoms with Crippen molar-refractivity contribution in [3.05, 3.63) is 33.8 Å². The minimum Gasteiger partial charge on any atom is -0.212 e. The third-order valence-electron chi connectivity index (χ3n) is 3.36. The molecule has 0 atom stereocenters. The number of hydrogen-bond donors (Lipinski definition) is 0. The first-order valence-corrected chi connectivity index (χ1v) is 9.20. The summed E-state index contributed by atoms with van der Waals surface area (Å²) < 4.78 is 26.6. The van der Waals surface area contributed by atoms with Crippen molar-refractivity contribution in [1.82, 2.24) is 4.31 Å². The molecule has 1 aromatic carbocycles. The maximum atomic E-state index is 12.5. The Morgan fingerprint density at radius 2 is 1.95 bits per heavy atom. The molecule has 1 saturated carbocycles. The number of halogens is 2. The number of hydrogen-bond acceptors (Lipinski definition) is 2. The molecule has 3 nitrogen and oxygen atoms in total. The minimum absolute atomic E-state index is 0.0173. The van der Waals surface area contributed by atoms with Gasteiger partial charge in [-0.05, 0) is 42.9 Å². The molecule has 0 saturated heterocycles. The Kier molecular flexibility index (Phi) is 5.35. The molecule has 1 fully saturated rings. The summed E-state index contributed by atoms with van der Waals surface area (Å²) in [6, 6.07) is 4.98. The van der Waals surface area contributed by atoms with Crippen LogP contribution in [0.4, 0.5) is 0 Å². The lowest BCUT2D eigenvalue weighted by atomic mass is 10.2. The Bertz CT molecular complexity index is 571. The van der Waals surface area contributed by atoms with Gasteiger partial charge >= 0.3 is 0 Å². The average molecular weight is 336 g/mol. The van der Waals surface area contributed by atoms with E-state index in [9.17, 15) is 8.42 Å². The van der Waals surface area contributed by atoms with Crippen molar-refractivity contribution in [3.8, 4) is 0 Å². The molecule has 0 N–H and O–H groups in total. The lowest BCUT2D eigenvalue weighted by Gasteiger charge is -2.21. The summed E-state index contributed by atoms with van der Waals surface area (Å²) in [5.74, 6) is 0.529. The van der Waals surface area contributed by atoms with E-state index in [1.165, 1.54) is 0 Å². The van der Waals surface area contributed by atoms with E-state index in [0.717, 1.165) is 19.3 Å². The molecule has 2 rings (SSSR count). The third-order valence-corrected chi connectivity index (χ3v) is 5.91. The molecule has 1 aromatic rings. The molecule has 0 bridgehead atoms. The molecule has 0 amide bonds. The Hall–Kier alpha value is -0.290. The quantitative estimate of drug-likeness (QED) is 0.756.